The summed E-state index contributed by atoms with van der Waals surface area (Å²) in [5.74, 6) is 12.8. The lowest BCUT2D eigenvalue weighted by atomic mass is 10.2. The maximum atomic E-state index is 5.51. The molecular weight excluding hydrogens is 346 g/mol. The van der Waals surface area contributed by atoms with Gasteiger partial charge in [0.15, 0.2) is 0 Å². The van der Waals surface area contributed by atoms with Gasteiger partial charge in [0, 0.05) is 29.7 Å². The molecule has 0 amide bonds. The molecule has 28 heavy (non-hydrogen) atoms. The zero-order valence-electron chi connectivity index (χ0n) is 15.6. The van der Waals surface area contributed by atoms with Gasteiger partial charge in [-0.2, -0.15) is 0 Å². The van der Waals surface area contributed by atoms with Crippen LogP contribution in [0.1, 0.15) is 35.9 Å². The molecule has 0 saturated carbocycles. The first-order valence-electron chi connectivity index (χ1n) is 8.98. The fourth-order valence-electron chi connectivity index (χ4n) is 2.16. The van der Waals surface area contributed by atoms with Crippen LogP contribution in [-0.2, 0) is 0 Å². The van der Waals surface area contributed by atoms with Crippen LogP contribution in [0, 0.1) is 23.7 Å². The van der Waals surface area contributed by atoms with E-state index in [0.29, 0.717) is 12.3 Å². The number of ether oxygens (including phenoxy) is 1. The number of pyridine rings is 3. The molecule has 136 valence electrons. The molecule has 0 fully saturated rings. The van der Waals surface area contributed by atoms with E-state index in [1.807, 2.05) is 42.5 Å². The van der Waals surface area contributed by atoms with E-state index in [9.17, 15) is 0 Å². The highest BCUT2D eigenvalue weighted by atomic mass is 16.5. The van der Waals surface area contributed by atoms with Crippen molar-refractivity contribution in [1.29, 1.82) is 0 Å². The van der Waals surface area contributed by atoms with Crippen molar-refractivity contribution in [3.05, 3.63) is 89.8 Å². The summed E-state index contributed by atoms with van der Waals surface area (Å²) in [6.45, 7) is 2.76. The zero-order chi connectivity index (χ0) is 19.4. The van der Waals surface area contributed by atoms with Gasteiger partial charge in [0.25, 0.3) is 0 Å². The Morgan fingerprint density at radius 1 is 0.929 bits per heavy atom. The minimum absolute atomic E-state index is 0.689. The summed E-state index contributed by atoms with van der Waals surface area (Å²) in [4.78, 5) is 12.7. The van der Waals surface area contributed by atoms with Gasteiger partial charge in [-0.05, 0) is 60.9 Å². The second-order valence-corrected chi connectivity index (χ2v) is 5.79. The summed E-state index contributed by atoms with van der Waals surface area (Å²) in [5.41, 5.74) is 3.22. The number of aromatic nitrogens is 3. The van der Waals surface area contributed by atoms with E-state index >= 15 is 0 Å². The Kier molecular flexibility index (Phi) is 6.95. The first-order valence-corrected chi connectivity index (χ1v) is 8.98. The van der Waals surface area contributed by atoms with Crippen molar-refractivity contribution in [3.8, 4) is 29.4 Å². The van der Waals surface area contributed by atoms with E-state index in [1.54, 1.807) is 30.9 Å². The van der Waals surface area contributed by atoms with Crippen molar-refractivity contribution in [2.75, 3.05) is 6.61 Å². The third-order valence-electron chi connectivity index (χ3n) is 3.55. The molecule has 0 saturated heterocycles. The second kappa shape index (κ2) is 10.3. The third-order valence-corrected chi connectivity index (χ3v) is 3.55. The largest absolute Gasteiger partial charge is 0.492 e. The van der Waals surface area contributed by atoms with Crippen LogP contribution in [0.25, 0.3) is 6.08 Å². The molecule has 0 unspecified atom stereocenters. The smallest absolute Gasteiger partial charge is 0.137 e. The molecule has 0 aromatic carbocycles. The van der Waals surface area contributed by atoms with Crippen LogP contribution in [0.3, 0.4) is 0 Å². The average molecular weight is 365 g/mol. The Morgan fingerprint density at radius 2 is 1.86 bits per heavy atom. The van der Waals surface area contributed by atoms with Gasteiger partial charge < -0.3 is 4.74 Å². The number of hydrogen-bond acceptors (Lipinski definition) is 4. The molecule has 0 aliphatic heterocycles. The molecule has 3 heterocycles. The predicted octanol–water partition coefficient (Wildman–Crippen LogP) is 4.13. The minimum Gasteiger partial charge on any atom is -0.492 e. The summed E-state index contributed by atoms with van der Waals surface area (Å²) in [5, 5.41) is 0. The molecule has 0 aliphatic rings. The molecule has 4 heteroatoms. The van der Waals surface area contributed by atoms with Crippen molar-refractivity contribution in [2.45, 2.75) is 13.3 Å². The lowest BCUT2D eigenvalue weighted by Gasteiger charge is -2.02. The normalized spacial score (nSPS) is 9.89. The van der Waals surface area contributed by atoms with E-state index in [1.165, 1.54) is 0 Å². The minimum atomic E-state index is 0.689. The van der Waals surface area contributed by atoms with Crippen molar-refractivity contribution in [3.63, 3.8) is 0 Å². The quantitative estimate of drug-likeness (QED) is 0.653. The van der Waals surface area contributed by atoms with Crippen LogP contribution in [0.15, 0.2) is 67.3 Å². The van der Waals surface area contributed by atoms with E-state index in [4.69, 9.17) is 4.74 Å². The van der Waals surface area contributed by atoms with Gasteiger partial charge in [-0.25, -0.2) is 4.98 Å². The second-order valence-electron chi connectivity index (χ2n) is 5.79. The first-order chi connectivity index (χ1) is 13.8. The SMILES string of the molecule is CCCOc1ccc(C#Cc2ccc(C=CC#Cc3cccnc3)nc2)nc1. The number of nitrogens with zero attached hydrogens (tertiary/aromatic N) is 3. The van der Waals surface area contributed by atoms with E-state index in [0.717, 1.165) is 29.0 Å². The van der Waals surface area contributed by atoms with Gasteiger partial charge in [-0.1, -0.05) is 24.7 Å². The molecule has 3 aromatic rings. The summed E-state index contributed by atoms with van der Waals surface area (Å²) in [6, 6.07) is 11.3. The fraction of sp³-hybridized carbons (Fsp3) is 0.125. The van der Waals surface area contributed by atoms with Gasteiger partial charge in [0.1, 0.15) is 11.4 Å². The maximum absolute atomic E-state index is 5.51. The number of rotatable bonds is 4. The van der Waals surface area contributed by atoms with Crippen LogP contribution in [0.5, 0.6) is 5.75 Å². The topological polar surface area (TPSA) is 47.9 Å². The lowest BCUT2D eigenvalue weighted by Crippen LogP contribution is -1.95. The molecule has 0 bridgehead atoms. The maximum Gasteiger partial charge on any atom is 0.137 e. The molecule has 4 nitrogen and oxygen atoms in total. The molecular formula is C24H19N3O. The molecule has 0 spiro atoms. The number of hydrogen-bond donors (Lipinski definition) is 0. The van der Waals surface area contributed by atoms with Crippen molar-refractivity contribution in [1.82, 2.24) is 15.0 Å². The third kappa shape index (κ3) is 6.12. The highest BCUT2D eigenvalue weighted by molar-refractivity contribution is 5.51. The molecule has 0 atom stereocenters. The van der Waals surface area contributed by atoms with Crippen LogP contribution in [-0.4, -0.2) is 21.6 Å². The Morgan fingerprint density at radius 3 is 2.57 bits per heavy atom. The Hall–Kier alpha value is -3.89. The molecule has 0 aliphatic carbocycles. The Balaban J connectivity index is 1.58. The molecule has 3 aromatic heterocycles. The van der Waals surface area contributed by atoms with Crippen molar-refractivity contribution in [2.24, 2.45) is 0 Å². The van der Waals surface area contributed by atoms with Crippen LogP contribution < -0.4 is 4.74 Å². The number of allylic oxidation sites excluding steroid dienone is 1. The van der Waals surface area contributed by atoms with E-state index in [2.05, 4.69) is 45.6 Å². The van der Waals surface area contributed by atoms with Crippen LogP contribution >= 0.6 is 0 Å². The van der Waals surface area contributed by atoms with Crippen LogP contribution in [0.4, 0.5) is 0 Å². The average Bonchev–Trinajstić information content (AvgIpc) is 2.76. The van der Waals surface area contributed by atoms with E-state index in [-0.39, 0.29) is 0 Å². The van der Waals surface area contributed by atoms with E-state index < -0.39 is 0 Å². The lowest BCUT2D eigenvalue weighted by molar-refractivity contribution is 0.316. The van der Waals surface area contributed by atoms with Gasteiger partial charge in [-0.3, -0.25) is 9.97 Å². The van der Waals surface area contributed by atoms with Crippen LogP contribution in [0.2, 0.25) is 0 Å². The summed E-state index contributed by atoms with van der Waals surface area (Å²) in [7, 11) is 0. The predicted molar refractivity (Wildman–Crippen MR) is 110 cm³/mol. The van der Waals surface area contributed by atoms with Gasteiger partial charge >= 0.3 is 0 Å². The summed E-state index contributed by atoms with van der Waals surface area (Å²) in [6.07, 6.45) is 11.5. The van der Waals surface area contributed by atoms with Crippen molar-refractivity contribution < 1.29 is 4.74 Å². The Labute approximate surface area is 165 Å². The first kappa shape index (κ1) is 18.9. The summed E-state index contributed by atoms with van der Waals surface area (Å²) >= 11 is 0. The van der Waals surface area contributed by atoms with Gasteiger partial charge in [0.05, 0.1) is 18.5 Å². The highest BCUT2D eigenvalue weighted by Gasteiger charge is 1.94. The summed E-state index contributed by atoms with van der Waals surface area (Å²) < 4.78 is 5.51. The Bertz CT molecular complexity index is 1030. The van der Waals surface area contributed by atoms with Crippen molar-refractivity contribution >= 4 is 6.08 Å². The zero-order valence-corrected chi connectivity index (χ0v) is 15.6. The molecule has 0 N–H and O–H groups in total. The fourth-order valence-corrected chi connectivity index (χ4v) is 2.16. The highest BCUT2D eigenvalue weighted by Crippen LogP contribution is 2.09. The van der Waals surface area contributed by atoms with Gasteiger partial charge in [-0.15, -0.1) is 0 Å². The van der Waals surface area contributed by atoms with Gasteiger partial charge in [0.2, 0.25) is 0 Å². The molecule has 3 rings (SSSR count). The molecule has 0 radical (unpaired) electrons. The standard InChI is InChI=1S/C24H19N3O/c1-2-16-28-24-14-13-23(27-19-24)12-10-21-9-11-22(26-18-21)8-4-3-6-20-7-5-15-25-17-20/h4-5,7-9,11,13-15,17-19H,2,16H2,1H3. The monoisotopic (exact) mass is 365 g/mol.